The highest BCUT2D eigenvalue weighted by molar-refractivity contribution is 5.92. The molecule has 0 aromatic heterocycles. The number of benzene rings is 1. The number of hydrogen-bond donors (Lipinski definition) is 2. The Morgan fingerprint density at radius 1 is 1.14 bits per heavy atom. The number of nitrogens with one attached hydrogen (secondary N) is 2. The number of hydrogen-bond acceptors (Lipinski definition) is 2. The van der Waals surface area contributed by atoms with Crippen LogP contribution in [0.5, 0.6) is 0 Å². The van der Waals surface area contributed by atoms with Crippen molar-refractivity contribution in [3.05, 3.63) is 35.6 Å². The van der Waals surface area contributed by atoms with Crippen molar-refractivity contribution in [1.82, 2.24) is 10.6 Å². The maximum absolute atomic E-state index is 12.8. The zero-order chi connectivity index (χ0) is 15.4. The van der Waals surface area contributed by atoms with Crippen LogP contribution in [-0.4, -0.2) is 18.4 Å². The maximum Gasteiger partial charge on any atom is 0.224 e. The monoisotopic (exact) mass is 292 g/mol. The van der Waals surface area contributed by atoms with Crippen LogP contribution < -0.4 is 10.6 Å². The van der Waals surface area contributed by atoms with E-state index in [1.807, 2.05) is 13.8 Å². The van der Waals surface area contributed by atoms with Crippen LogP contribution in [0.4, 0.5) is 4.39 Å². The van der Waals surface area contributed by atoms with Gasteiger partial charge in [0.25, 0.3) is 0 Å². The molecule has 2 unspecified atom stereocenters. The Morgan fingerprint density at radius 2 is 1.71 bits per heavy atom. The zero-order valence-electron chi connectivity index (χ0n) is 12.4. The average molecular weight is 292 g/mol. The summed E-state index contributed by atoms with van der Waals surface area (Å²) in [5, 5.41) is 5.64. The largest absolute Gasteiger partial charge is 0.356 e. The topological polar surface area (TPSA) is 58.2 Å². The van der Waals surface area contributed by atoms with Gasteiger partial charge in [-0.1, -0.05) is 26.0 Å². The Morgan fingerprint density at radius 3 is 2.29 bits per heavy atom. The fourth-order valence-electron chi connectivity index (χ4n) is 2.13. The maximum atomic E-state index is 12.8. The van der Waals surface area contributed by atoms with Crippen LogP contribution in [-0.2, 0) is 16.1 Å². The van der Waals surface area contributed by atoms with Crippen LogP contribution in [0.15, 0.2) is 24.3 Å². The minimum Gasteiger partial charge on any atom is -0.356 e. The van der Waals surface area contributed by atoms with E-state index >= 15 is 0 Å². The van der Waals surface area contributed by atoms with Crippen LogP contribution in [0.2, 0.25) is 0 Å². The van der Waals surface area contributed by atoms with Crippen molar-refractivity contribution in [3.8, 4) is 0 Å². The molecule has 0 bridgehead atoms. The first kappa shape index (κ1) is 15.5. The van der Waals surface area contributed by atoms with Gasteiger partial charge in [0.15, 0.2) is 0 Å². The third-order valence-electron chi connectivity index (χ3n) is 3.53. The van der Waals surface area contributed by atoms with E-state index in [-0.39, 0.29) is 29.5 Å². The fourth-order valence-corrected chi connectivity index (χ4v) is 2.13. The van der Waals surface area contributed by atoms with E-state index in [1.54, 1.807) is 12.1 Å². The fraction of sp³-hybridized carbons (Fsp3) is 0.500. The molecule has 2 rings (SSSR count). The number of halogens is 1. The summed E-state index contributed by atoms with van der Waals surface area (Å²) in [6.45, 7) is 5.05. The number of carbonyl (C=O) groups excluding carboxylic acids is 2. The van der Waals surface area contributed by atoms with E-state index in [2.05, 4.69) is 10.6 Å². The minimum atomic E-state index is -0.297. The minimum absolute atomic E-state index is 0.0365. The Balaban J connectivity index is 1.73. The van der Waals surface area contributed by atoms with Gasteiger partial charge in [-0.2, -0.15) is 0 Å². The lowest BCUT2D eigenvalue weighted by Gasteiger charge is -2.08. The third-order valence-corrected chi connectivity index (χ3v) is 3.53. The van der Waals surface area contributed by atoms with Crippen molar-refractivity contribution in [2.75, 3.05) is 6.54 Å². The SMILES string of the molecule is CC(C)CNC(=O)C1CC1C(=O)NCc1ccc(F)cc1. The average Bonchev–Trinajstić information content (AvgIpc) is 3.24. The standard InChI is InChI=1S/C16H21FN2O2/c1-10(2)8-18-15(20)13-7-14(13)16(21)19-9-11-3-5-12(17)6-4-11/h3-6,10,13-14H,7-9H2,1-2H3,(H,18,20)(H,19,21). The normalized spacial score (nSPS) is 20.2. The van der Waals surface area contributed by atoms with E-state index in [0.29, 0.717) is 25.4 Å². The van der Waals surface area contributed by atoms with Crippen molar-refractivity contribution in [1.29, 1.82) is 0 Å². The molecule has 0 heterocycles. The Kier molecular flexibility index (Phi) is 4.94. The highest BCUT2D eigenvalue weighted by atomic mass is 19.1. The molecule has 4 nitrogen and oxygen atoms in total. The molecule has 1 aliphatic rings. The summed E-state index contributed by atoms with van der Waals surface area (Å²) in [7, 11) is 0. The second kappa shape index (κ2) is 6.70. The third kappa shape index (κ3) is 4.55. The molecular weight excluding hydrogens is 271 g/mol. The summed E-state index contributed by atoms with van der Waals surface area (Å²) in [4.78, 5) is 23.7. The molecule has 1 aromatic rings. The quantitative estimate of drug-likeness (QED) is 0.840. The molecule has 0 aliphatic heterocycles. The van der Waals surface area contributed by atoms with Gasteiger partial charge in [-0.3, -0.25) is 9.59 Å². The number of carbonyl (C=O) groups is 2. The molecule has 1 fully saturated rings. The van der Waals surface area contributed by atoms with Crippen molar-refractivity contribution in [2.24, 2.45) is 17.8 Å². The molecule has 0 radical (unpaired) electrons. The highest BCUT2D eigenvalue weighted by Gasteiger charge is 2.47. The second-order valence-electron chi connectivity index (χ2n) is 5.93. The first-order chi connectivity index (χ1) is 9.97. The van der Waals surface area contributed by atoms with Gasteiger partial charge in [0.2, 0.25) is 11.8 Å². The Bertz CT molecular complexity index is 514. The van der Waals surface area contributed by atoms with Gasteiger partial charge in [-0.05, 0) is 30.0 Å². The van der Waals surface area contributed by atoms with E-state index < -0.39 is 0 Å². The van der Waals surface area contributed by atoms with E-state index in [9.17, 15) is 14.0 Å². The van der Waals surface area contributed by atoms with Gasteiger partial charge in [0.1, 0.15) is 5.82 Å². The zero-order valence-corrected chi connectivity index (χ0v) is 12.4. The summed E-state index contributed by atoms with van der Waals surface area (Å²) >= 11 is 0. The van der Waals surface area contributed by atoms with Crippen LogP contribution >= 0.6 is 0 Å². The van der Waals surface area contributed by atoms with Crippen molar-refractivity contribution < 1.29 is 14.0 Å². The van der Waals surface area contributed by atoms with Crippen molar-refractivity contribution in [2.45, 2.75) is 26.8 Å². The molecule has 2 N–H and O–H groups in total. The van der Waals surface area contributed by atoms with E-state index in [1.165, 1.54) is 12.1 Å². The van der Waals surface area contributed by atoms with Crippen LogP contribution in [0.25, 0.3) is 0 Å². The van der Waals surface area contributed by atoms with Gasteiger partial charge in [-0.25, -0.2) is 4.39 Å². The van der Waals surface area contributed by atoms with Gasteiger partial charge in [-0.15, -0.1) is 0 Å². The lowest BCUT2D eigenvalue weighted by Crippen LogP contribution is -2.31. The van der Waals surface area contributed by atoms with Crippen LogP contribution in [0, 0.1) is 23.6 Å². The lowest BCUT2D eigenvalue weighted by atomic mass is 10.2. The molecule has 0 saturated heterocycles. The highest BCUT2D eigenvalue weighted by Crippen LogP contribution is 2.38. The Hall–Kier alpha value is -1.91. The molecule has 1 aromatic carbocycles. The second-order valence-corrected chi connectivity index (χ2v) is 5.93. The van der Waals surface area contributed by atoms with Gasteiger partial charge < -0.3 is 10.6 Å². The predicted octanol–water partition coefficient (Wildman–Crippen LogP) is 1.85. The smallest absolute Gasteiger partial charge is 0.224 e. The molecule has 114 valence electrons. The first-order valence-electron chi connectivity index (χ1n) is 7.27. The summed E-state index contributed by atoms with van der Waals surface area (Å²) in [6, 6.07) is 5.99. The Labute approximate surface area is 124 Å². The molecule has 2 atom stereocenters. The van der Waals surface area contributed by atoms with Gasteiger partial charge >= 0.3 is 0 Å². The van der Waals surface area contributed by atoms with Crippen molar-refractivity contribution >= 4 is 11.8 Å². The predicted molar refractivity (Wildman–Crippen MR) is 77.7 cm³/mol. The molecule has 1 saturated carbocycles. The van der Waals surface area contributed by atoms with E-state index in [0.717, 1.165) is 5.56 Å². The molecule has 5 heteroatoms. The van der Waals surface area contributed by atoms with Gasteiger partial charge in [0, 0.05) is 13.1 Å². The van der Waals surface area contributed by atoms with E-state index in [4.69, 9.17) is 0 Å². The summed E-state index contributed by atoms with van der Waals surface area (Å²) in [5.41, 5.74) is 0.839. The van der Waals surface area contributed by atoms with Gasteiger partial charge in [0.05, 0.1) is 11.8 Å². The van der Waals surface area contributed by atoms with Crippen LogP contribution in [0.3, 0.4) is 0 Å². The summed E-state index contributed by atoms with van der Waals surface area (Å²) < 4.78 is 12.8. The number of amides is 2. The molecule has 2 amide bonds. The van der Waals surface area contributed by atoms with Crippen LogP contribution in [0.1, 0.15) is 25.8 Å². The van der Waals surface area contributed by atoms with Crippen molar-refractivity contribution in [3.63, 3.8) is 0 Å². The molecule has 0 spiro atoms. The summed E-state index contributed by atoms with van der Waals surface area (Å²) in [6.07, 6.45) is 0.610. The molecule has 1 aliphatic carbocycles. The summed E-state index contributed by atoms with van der Waals surface area (Å²) in [5.74, 6) is -0.461. The lowest BCUT2D eigenvalue weighted by molar-refractivity contribution is -0.127. The number of rotatable bonds is 6. The molecular formula is C16H21FN2O2. The first-order valence-corrected chi connectivity index (χ1v) is 7.27. The molecule has 21 heavy (non-hydrogen) atoms.